The van der Waals surface area contributed by atoms with Crippen molar-refractivity contribution in [1.29, 1.82) is 0 Å². The lowest BCUT2D eigenvalue weighted by Crippen LogP contribution is -2.72. The maximum atomic E-state index is 7.15. The van der Waals surface area contributed by atoms with Crippen molar-refractivity contribution in [2.45, 2.75) is 102 Å². The van der Waals surface area contributed by atoms with Crippen LogP contribution in [0.5, 0.6) is 0 Å². The summed E-state index contributed by atoms with van der Waals surface area (Å²) in [5.74, 6) is 0.715. The van der Waals surface area contributed by atoms with Crippen molar-refractivity contribution < 1.29 is 9.31 Å². The Morgan fingerprint density at radius 3 is 1.43 bits per heavy atom. The number of nitrogens with zero attached hydrogens (tertiary/aromatic N) is 1. The van der Waals surface area contributed by atoms with E-state index < -0.39 is 19.3 Å². The summed E-state index contributed by atoms with van der Waals surface area (Å²) in [5, 5.41) is 2.93. The highest BCUT2D eigenvalue weighted by Crippen LogP contribution is 2.49. The molecule has 1 aliphatic heterocycles. The first-order chi connectivity index (χ1) is 22.2. The maximum absolute atomic E-state index is 7.15. The molecule has 2 atom stereocenters. The summed E-state index contributed by atoms with van der Waals surface area (Å²) in [5.41, 5.74) is 2.11. The SMILES string of the molecule is CC1(C)OB(C(C2CCCCC2)C(N(Cc2ccccc2)Cc2ccccc2)[Si](C)(c2ccccc2)c2ccccc2)OC1(C)C. The summed E-state index contributed by atoms with van der Waals surface area (Å²) in [4.78, 5) is 2.83. The van der Waals surface area contributed by atoms with Gasteiger partial charge in [0.25, 0.3) is 0 Å². The van der Waals surface area contributed by atoms with Crippen LogP contribution < -0.4 is 10.4 Å². The average molecular weight is 630 g/mol. The lowest BCUT2D eigenvalue weighted by molar-refractivity contribution is 0.00578. The van der Waals surface area contributed by atoms with Crippen LogP contribution in [-0.4, -0.2) is 37.0 Å². The summed E-state index contributed by atoms with van der Waals surface area (Å²) in [6.07, 6.45) is 6.33. The van der Waals surface area contributed by atoms with E-state index in [0.717, 1.165) is 13.1 Å². The van der Waals surface area contributed by atoms with Crippen molar-refractivity contribution in [2.75, 3.05) is 0 Å². The molecule has 2 unspecified atom stereocenters. The number of hydrogen-bond donors (Lipinski definition) is 0. The van der Waals surface area contributed by atoms with E-state index in [0.29, 0.717) is 5.92 Å². The molecule has 6 rings (SSSR count). The zero-order valence-electron chi connectivity index (χ0n) is 28.6. The molecule has 46 heavy (non-hydrogen) atoms. The zero-order valence-corrected chi connectivity index (χ0v) is 29.6. The van der Waals surface area contributed by atoms with E-state index in [1.54, 1.807) is 0 Å². The first kappa shape index (κ1) is 33.0. The molecule has 2 fully saturated rings. The van der Waals surface area contributed by atoms with Crippen LogP contribution in [0.25, 0.3) is 0 Å². The third-order valence-electron chi connectivity index (χ3n) is 11.3. The molecule has 2 aliphatic rings. The van der Waals surface area contributed by atoms with Crippen LogP contribution in [0.1, 0.15) is 70.9 Å². The second kappa shape index (κ2) is 14.0. The molecule has 0 amide bonds. The topological polar surface area (TPSA) is 21.7 Å². The maximum Gasteiger partial charge on any atom is 0.462 e. The fraction of sp³-hybridized carbons (Fsp3) is 0.415. The second-order valence-corrected chi connectivity index (χ2v) is 19.0. The molecule has 1 saturated carbocycles. The Balaban J connectivity index is 1.61. The van der Waals surface area contributed by atoms with E-state index >= 15 is 0 Å². The van der Waals surface area contributed by atoms with Crippen molar-refractivity contribution in [3.8, 4) is 0 Å². The van der Waals surface area contributed by atoms with Crippen LogP contribution in [0, 0.1) is 5.92 Å². The molecular weight excluding hydrogens is 577 g/mol. The molecule has 0 bridgehead atoms. The normalized spacial score (nSPS) is 19.7. The Morgan fingerprint density at radius 2 is 1.02 bits per heavy atom. The Bertz CT molecular complexity index is 1410. The molecule has 4 aromatic rings. The van der Waals surface area contributed by atoms with Gasteiger partial charge in [-0.2, -0.15) is 0 Å². The monoisotopic (exact) mass is 629 g/mol. The van der Waals surface area contributed by atoms with Gasteiger partial charge in [-0.05, 0) is 44.7 Å². The van der Waals surface area contributed by atoms with Gasteiger partial charge >= 0.3 is 7.12 Å². The van der Waals surface area contributed by atoms with Crippen molar-refractivity contribution in [2.24, 2.45) is 5.92 Å². The number of benzene rings is 4. The first-order valence-electron chi connectivity index (χ1n) is 17.5. The van der Waals surface area contributed by atoms with Crippen LogP contribution >= 0.6 is 0 Å². The van der Waals surface area contributed by atoms with Crippen molar-refractivity contribution in [3.05, 3.63) is 132 Å². The number of hydrogen-bond acceptors (Lipinski definition) is 3. The summed E-state index contributed by atoms with van der Waals surface area (Å²) >= 11 is 0. The molecular formula is C41H52BNO2Si. The first-order valence-corrected chi connectivity index (χ1v) is 20.1. The summed E-state index contributed by atoms with van der Waals surface area (Å²) < 4.78 is 14.3. The summed E-state index contributed by atoms with van der Waals surface area (Å²) in [7, 11) is -2.83. The Labute approximate surface area is 279 Å². The van der Waals surface area contributed by atoms with Crippen LogP contribution in [0.2, 0.25) is 12.4 Å². The van der Waals surface area contributed by atoms with E-state index in [-0.39, 0.29) is 18.6 Å². The third-order valence-corrected chi connectivity index (χ3v) is 16.3. The van der Waals surface area contributed by atoms with Crippen LogP contribution in [0.15, 0.2) is 121 Å². The molecule has 0 aromatic heterocycles. The van der Waals surface area contributed by atoms with E-state index in [4.69, 9.17) is 9.31 Å². The molecule has 0 N–H and O–H groups in total. The molecule has 5 heteroatoms. The van der Waals surface area contributed by atoms with Crippen molar-refractivity contribution >= 4 is 25.6 Å². The summed E-state index contributed by atoms with van der Waals surface area (Å²) in [6.45, 7) is 13.2. The minimum absolute atomic E-state index is 0.200. The van der Waals surface area contributed by atoms with Gasteiger partial charge in [-0.1, -0.05) is 170 Å². The molecule has 3 nitrogen and oxygen atoms in total. The summed E-state index contributed by atoms with van der Waals surface area (Å²) in [6, 6.07) is 45.1. The highest BCUT2D eigenvalue weighted by molar-refractivity contribution is 7.03. The molecule has 240 valence electrons. The minimum atomic E-state index is -2.54. The largest absolute Gasteiger partial charge is 0.462 e. The highest BCUT2D eigenvalue weighted by atomic mass is 28.3. The quantitative estimate of drug-likeness (QED) is 0.155. The molecule has 4 aromatic carbocycles. The van der Waals surface area contributed by atoms with Crippen LogP contribution in [0.4, 0.5) is 0 Å². The van der Waals surface area contributed by atoms with E-state index in [1.165, 1.54) is 53.6 Å². The predicted molar refractivity (Wildman–Crippen MR) is 196 cm³/mol. The van der Waals surface area contributed by atoms with E-state index in [9.17, 15) is 0 Å². The van der Waals surface area contributed by atoms with Gasteiger partial charge in [-0.15, -0.1) is 0 Å². The molecule has 1 aliphatic carbocycles. The van der Waals surface area contributed by atoms with Gasteiger partial charge < -0.3 is 9.31 Å². The fourth-order valence-electron chi connectivity index (χ4n) is 8.15. The minimum Gasteiger partial charge on any atom is -0.403 e. The van der Waals surface area contributed by atoms with E-state index in [1.807, 2.05) is 0 Å². The standard InChI is InChI=1S/C41H52BNO2Si/c1-40(2)41(3,4)45-42(44-40)38(35-25-15-8-16-26-35)39(46(5,36-27-17-9-18-28-36)37-29-19-10-20-30-37)43(31-33-21-11-6-12-22-33)32-34-23-13-7-14-24-34/h6-7,9-14,17-24,27-30,35,38-39H,8,15-16,25-26,31-32H2,1-5H3. The van der Waals surface area contributed by atoms with Gasteiger partial charge in [0, 0.05) is 24.6 Å². The van der Waals surface area contributed by atoms with Gasteiger partial charge in [-0.25, -0.2) is 0 Å². The van der Waals surface area contributed by atoms with Gasteiger partial charge in [0.2, 0.25) is 0 Å². The highest BCUT2D eigenvalue weighted by Gasteiger charge is 2.60. The van der Waals surface area contributed by atoms with Crippen LogP contribution in [-0.2, 0) is 22.4 Å². The van der Waals surface area contributed by atoms with Crippen LogP contribution in [0.3, 0.4) is 0 Å². The molecule has 1 heterocycles. The second-order valence-electron chi connectivity index (χ2n) is 14.9. The Kier molecular flexibility index (Phi) is 10.1. The lowest BCUT2D eigenvalue weighted by atomic mass is 9.60. The van der Waals surface area contributed by atoms with Crippen molar-refractivity contribution in [3.63, 3.8) is 0 Å². The van der Waals surface area contributed by atoms with Gasteiger partial charge in [0.15, 0.2) is 0 Å². The number of rotatable bonds is 11. The Hall–Kier alpha value is -2.96. The smallest absolute Gasteiger partial charge is 0.403 e. The Morgan fingerprint density at radius 1 is 0.630 bits per heavy atom. The zero-order chi connectivity index (χ0) is 32.2. The lowest BCUT2D eigenvalue weighted by Gasteiger charge is -2.50. The average Bonchev–Trinajstić information content (AvgIpc) is 3.30. The molecule has 1 saturated heterocycles. The predicted octanol–water partition coefficient (Wildman–Crippen LogP) is 8.53. The van der Waals surface area contributed by atoms with Gasteiger partial charge in [0.05, 0.1) is 11.2 Å². The fourth-order valence-corrected chi connectivity index (χ4v) is 13.1. The van der Waals surface area contributed by atoms with E-state index in [2.05, 4.69) is 160 Å². The third kappa shape index (κ3) is 6.85. The molecule has 0 radical (unpaired) electrons. The molecule has 0 spiro atoms. The van der Waals surface area contributed by atoms with Gasteiger partial charge in [0.1, 0.15) is 8.07 Å². The van der Waals surface area contributed by atoms with Crippen molar-refractivity contribution in [1.82, 2.24) is 4.90 Å². The van der Waals surface area contributed by atoms with Gasteiger partial charge in [-0.3, -0.25) is 4.90 Å².